The monoisotopic (exact) mass is 543 g/mol. The summed E-state index contributed by atoms with van der Waals surface area (Å²) in [7, 11) is 0. The summed E-state index contributed by atoms with van der Waals surface area (Å²) in [5, 5.41) is 12.6. The van der Waals surface area contributed by atoms with Gasteiger partial charge in [-0.05, 0) is 57.9 Å². The first-order chi connectivity index (χ1) is 18.0. The van der Waals surface area contributed by atoms with Crippen molar-refractivity contribution in [3.63, 3.8) is 0 Å². The van der Waals surface area contributed by atoms with Gasteiger partial charge in [0, 0.05) is 30.4 Å². The second-order valence-corrected chi connectivity index (χ2v) is 9.64. The molecule has 0 aliphatic carbocycles. The maximum absolute atomic E-state index is 14.6. The molecule has 2 N–H and O–H groups in total. The van der Waals surface area contributed by atoms with Crippen LogP contribution in [0.3, 0.4) is 0 Å². The molecule has 0 bridgehead atoms. The van der Waals surface area contributed by atoms with Gasteiger partial charge in [0.15, 0.2) is 5.69 Å². The van der Waals surface area contributed by atoms with Gasteiger partial charge >= 0.3 is 12.1 Å². The number of hydrogen-bond donors (Lipinski definition) is 2. The minimum absolute atomic E-state index is 0.0157. The number of carbonyl (C=O) groups excluding carboxylic acids is 1. The van der Waals surface area contributed by atoms with E-state index in [4.69, 9.17) is 21.3 Å². The molecular formula is C26H27ClFN5O5. The summed E-state index contributed by atoms with van der Waals surface area (Å²) in [6.07, 6.45) is 2.72. The first-order valence-electron chi connectivity index (χ1n) is 12.0. The number of carboxylic acid groups (broad SMARTS) is 1. The van der Waals surface area contributed by atoms with E-state index in [2.05, 4.69) is 10.3 Å². The van der Waals surface area contributed by atoms with Gasteiger partial charge in [-0.15, -0.1) is 0 Å². The Bertz CT molecular complexity index is 1520. The van der Waals surface area contributed by atoms with E-state index in [0.717, 1.165) is 16.2 Å². The quantitative estimate of drug-likeness (QED) is 0.429. The van der Waals surface area contributed by atoms with Gasteiger partial charge in [0.1, 0.15) is 16.6 Å². The number of amides is 1. The third-order valence-corrected chi connectivity index (χ3v) is 6.37. The van der Waals surface area contributed by atoms with Gasteiger partial charge in [0.25, 0.3) is 5.56 Å². The summed E-state index contributed by atoms with van der Waals surface area (Å²) in [4.78, 5) is 47.4. The van der Waals surface area contributed by atoms with E-state index in [9.17, 15) is 23.9 Å². The molecule has 0 saturated carbocycles. The van der Waals surface area contributed by atoms with Crippen LogP contribution < -0.4 is 10.9 Å². The van der Waals surface area contributed by atoms with Crippen LogP contribution in [0.1, 0.15) is 60.5 Å². The molecule has 4 rings (SSSR count). The van der Waals surface area contributed by atoms with Crippen molar-refractivity contribution in [1.82, 2.24) is 19.3 Å². The molecule has 0 unspecified atom stereocenters. The number of pyridine rings is 2. The van der Waals surface area contributed by atoms with Gasteiger partial charge in [0.05, 0.1) is 23.5 Å². The first kappa shape index (κ1) is 27.1. The van der Waals surface area contributed by atoms with Crippen molar-refractivity contribution in [3.05, 3.63) is 74.3 Å². The Hall–Kier alpha value is -3.99. The Labute approximate surface area is 222 Å². The number of aromatic carboxylic acids is 1. The summed E-state index contributed by atoms with van der Waals surface area (Å²) in [5.41, 5.74) is 1.62. The van der Waals surface area contributed by atoms with Crippen molar-refractivity contribution in [2.75, 3.05) is 18.4 Å². The van der Waals surface area contributed by atoms with E-state index in [-0.39, 0.29) is 28.3 Å². The van der Waals surface area contributed by atoms with Crippen molar-refractivity contribution in [2.45, 2.75) is 46.3 Å². The molecule has 1 amide bonds. The number of carboxylic acids is 1. The topological polar surface area (TPSA) is 126 Å². The van der Waals surface area contributed by atoms with E-state index in [0.29, 0.717) is 36.3 Å². The van der Waals surface area contributed by atoms with Crippen molar-refractivity contribution in [3.8, 4) is 0 Å². The van der Waals surface area contributed by atoms with Crippen LogP contribution >= 0.6 is 11.6 Å². The molecule has 0 spiro atoms. The van der Waals surface area contributed by atoms with Crippen LogP contribution in [0, 0.1) is 12.7 Å². The number of aromatic nitrogens is 3. The third kappa shape index (κ3) is 5.47. The maximum atomic E-state index is 14.6. The highest BCUT2D eigenvalue weighted by atomic mass is 35.5. The average Bonchev–Trinajstić information content (AvgIpc) is 2.86. The third-order valence-electron chi connectivity index (χ3n) is 6.16. The van der Waals surface area contributed by atoms with Crippen LogP contribution in [0.15, 0.2) is 35.3 Å². The van der Waals surface area contributed by atoms with Gasteiger partial charge < -0.3 is 20.1 Å². The number of nitrogens with zero attached hydrogens (tertiary/aromatic N) is 4. The molecule has 10 nitrogen and oxygen atoms in total. The number of anilines is 1. The molecule has 3 aromatic heterocycles. The average molecular weight is 544 g/mol. The Kier molecular flexibility index (Phi) is 7.68. The van der Waals surface area contributed by atoms with Crippen LogP contribution in [-0.2, 0) is 4.74 Å². The van der Waals surface area contributed by atoms with Crippen LogP contribution in [0.2, 0.25) is 5.15 Å². The number of hydrogen-bond acceptors (Lipinski definition) is 7. The molecule has 38 heavy (non-hydrogen) atoms. The van der Waals surface area contributed by atoms with Crippen LogP contribution in [0.4, 0.5) is 14.9 Å². The lowest BCUT2D eigenvalue weighted by Gasteiger charge is -2.27. The zero-order valence-electron chi connectivity index (χ0n) is 21.3. The fourth-order valence-corrected chi connectivity index (χ4v) is 4.45. The molecular weight excluding hydrogens is 517 g/mol. The fraction of sp³-hybridized carbons (Fsp3) is 0.346. The minimum Gasteiger partial charge on any atom is -0.476 e. The standard InChI is InChI=1S/C26H27ClFN5O5/c1-13(2)38-26(37)32-9-7-16(8-10-32)21-14(3)24(34)33-12-17(28)11-18(23(33)31-21)15(4)29-19-5-6-20(27)30-22(19)25(35)36/h5-7,11-13,15,29H,8-10H2,1-4H3,(H,35,36)/t15-/m1/s1. The highest BCUT2D eigenvalue weighted by molar-refractivity contribution is 6.29. The highest BCUT2D eigenvalue weighted by Gasteiger charge is 2.24. The predicted octanol–water partition coefficient (Wildman–Crippen LogP) is 4.70. The van der Waals surface area contributed by atoms with Crippen LogP contribution in [0.5, 0.6) is 0 Å². The summed E-state index contributed by atoms with van der Waals surface area (Å²) in [5.74, 6) is -1.94. The van der Waals surface area contributed by atoms with Gasteiger partial charge in [-0.25, -0.2) is 23.9 Å². The van der Waals surface area contributed by atoms with Crippen LogP contribution in [-0.4, -0.2) is 55.6 Å². The molecule has 0 saturated heterocycles. The largest absolute Gasteiger partial charge is 0.476 e. The molecule has 4 heterocycles. The van der Waals surface area contributed by atoms with Gasteiger partial charge in [-0.1, -0.05) is 17.7 Å². The SMILES string of the molecule is Cc1c(C2=CCN(C(=O)OC(C)C)CC2)nc2c([C@@H](C)Nc3ccc(Cl)nc3C(=O)O)cc(F)cn2c1=O. The summed E-state index contributed by atoms with van der Waals surface area (Å²) < 4.78 is 21.0. The molecule has 0 fully saturated rings. The van der Waals surface area contributed by atoms with Gasteiger partial charge in [-0.2, -0.15) is 0 Å². The second-order valence-electron chi connectivity index (χ2n) is 9.26. The number of halogens is 2. The number of rotatable bonds is 6. The van der Waals surface area contributed by atoms with Crippen molar-refractivity contribution in [1.29, 1.82) is 0 Å². The number of fused-ring (bicyclic) bond motifs is 1. The Balaban J connectivity index is 1.74. The minimum atomic E-state index is -1.28. The molecule has 0 radical (unpaired) electrons. The summed E-state index contributed by atoms with van der Waals surface area (Å²) >= 11 is 5.85. The Morgan fingerprint density at radius 2 is 1.97 bits per heavy atom. The molecule has 12 heteroatoms. The van der Waals surface area contributed by atoms with Crippen molar-refractivity contribution < 1.29 is 23.8 Å². The summed E-state index contributed by atoms with van der Waals surface area (Å²) in [6, 6.07) is 3.49. The van der Waals surface area contributed by atoms with E-state index < -0.39 is 29.5 Å². The van der Waals surface area contributed by atoms with E-state index in [1.54, 1.807) is 32.6 Å². The van der Waals surface area contributed by atoms with Gasteiger partial charge in [0.2, 0.25) is 0 Å². The first-order valence-corrected chi connectivity index (χ1v) is 12.4. The molecule has 3 aromatic rings. The summed E-state index contributed by atoms with van der Waals surface area (Å²) in [6.45, 7) is 7.58. The highest BCUT2D eigenvalue weighted by Crippen LogP contribution is 2.28. The maximum Gasteiger partial charge on any atom is 0.410 e. The van der Waals surface area contributed by atoms with Crippen molar-refractivity contribution >= 4 is 40.6 Å². The van der Waals surface area contributed by atoms with E-state index in [1.807, 2.05) is 6.08 Å². The lowest BCUT2D eigenvalue weighted by molar-refractivity contribution is 0.0690. The normalized spacial score (nSPS) is 14.4. The smallest absolute Gasteiger partial charge is 0.410 e. The Morgan fingerprint density at radius 1 is 1.24 bits per heavy atom. The van der Waals surface area contributed by atoms with E-state index >= 15 is 0 Å². The number of ether oxygens (including phenoxy) is 1. The number of carbonyl (C=O) groups is 2. The molecule has 1 aliphatic rings. The van der Waals surface area contributed by atoms with Crippen molar-refractivity contribution in [2.24, 2.45) is 0 Å². The zero-order valence-corrected chi connectivity index (χ0v) is 22.0. The molecule has 0 aromatic carbocycles. The molecule has 1 aliphatic heterocycles. The second kappa shape index (κ2) is 10.8. The fourth-order valence-electron chi connectivity index (χ4n) is 4.30. The zero-order chi connectivity index (χ0) is 27.7. The lowest BCUT2D eigenvalue weighted by Crippen LogP contribution is -2.36. The van der Waals surface area contributed by atoms with Gasteiger partial charge in [-0.3, -0.25) is 9.20 Å². The molecule has 1 atom stereocenters. The lowest BCUT2D eigenvalue weighted by atomic mass is 10.0. The van der Waals surface area contributed by atoms with E-state index in [1.165, 1.54) is 18.2 Å². The van der Waals surface area contributed by atoms with Crippen LogP contribution in [0.25, 0.3) is 11.2 Å². The Morgan fingerprint density at radius 3 is 2.61 bits per heavy atom. The number of nitrogens with one attached hydrogen (secondary N) is 1. The molecule has 200 valence electrons. The predicted molar refractivity (Wildman–Crippen MR) is 140 cm³/mol.